The van der Waals surface area contributed by atoms with Crippen molar-refractivity contribution in [2.75, 3.05) is 0 Å². The molecule has 0 unspecified atom stereocenters. The summed E-state index contributed by atoms with van der Waals surface area (Å²) < 4.78 is 6.12. The lowest BCUT2D eigenvalue weighted by atomic mass is 10.2. The first-order valence-corrected chi connectivity index (χ1v) is 6.75. The summed E-state index contributed by atoms with van der Waals surface area (Å²) in [6.45, 7) is 0. The average molecular weight is 306 g/mol. The van der Waals surface area contributed by atoms with Crippen LogP contribution in [0.1, 0.15) is 0 Å². The predicted molar refractivity (Wildman–Crippen MR) is 73.0 cm³/mol. The van der Waals surface area contributed by atoms with Crippen LogP contribution < -0.4 is 0 Å². The Kier molecular flexibility index (Phi) is 2.82. The normalized spacial score (nSPS) is 10.6. The first-order valence-electron chi connectivity index (χ1n) is 5.07. The van der Waals surface area contributed by atoms with Crippen LogP contribution in [0, 0.1) is 0 Å². The van der Waals surface area contributed by atoms with Crippen LogP contribution in [0.3, 0.4) is 0 Å². The Morgan fingerprint density at radius 1 is 1.18 bits per heavy atom. The zero-order valence-corrected chi connectivity index (χ0v) is 11.2. The van der Waals surface area contributed by atoms with Gasteiger partial charge in [-0.1, -0.05) is 34.1 Å². The van der Waals surface area contributed by atoms with E-state index in [1.54, 1.807) is 23.9 Å². The van der Waals surface area contributed by atoms with E-state index in [1.807, 2.05) is 24.3 Å². The summed E-state index contributed by atoms with van der Waals surface area (Å²) >= 11 is 5.16. The number of halogens is 1. The fraction of sp³-hybridized carbons (Fsp3) is 0. The van der Waals surface area contributed by atoms with Crippen LogP contribution in [0.2, 0.25) is 0 Å². The highest BCUT2D eigenvalue weighted by atomic mass is 79.9. The minimum Gasteiger partial charge on any atom is -0.472 e. The zero-order chi connectivity index (χ0) is 11.7. The SMILES string of the molecule is Brc1ccccc1-c1csc(-c2ccoc2)n1. The number of aromatic nitrogens is 1. The highest BCUT2D eigenvalue weighted by Gasteiger charge is 2.09. The van der Waals surface area contributed by atoms with Gasteiger partial charge in [-0.3, -0.25) is 0 Å². The van der Waals surface area contributed by atoms with E-state index < -0.39 is 0 Å². The van der Waals surface area contributed by atoms with E-state index in [2.05, 4.69) is 32.4 Å². The number of nitrogens with zero attached hydrogens (tertiary/aromatic N) is 1. The molecule has 0 bridgehead atoms. The number of benzene rings is 1. The molecule has 0 fully saturated rings. The zero-order valence-electron chi connectivity index (χ0n) is 8.76. The van der Waals surface area contributed by atoms with Crippen molar-refractivity contribution >= 4 is 27.3 Å². The highest BCUT2D eigenvalue weighted by Crippen LogP contribution is 2.32. The number of furan rings is 1. The molecule has 0 aliphatic heterocycles. The maximum absolute atomic E-state index is 5.07. The van der Waals surface area contributed by atoms with Crippen LogP contribution >= 0.6 is 27.3 Å². The molecule has 1 aromatic carbocycles. The van der Waals surface area contributed by atoms with E-state index in [9.17, 15) is 0 Å². The fourth-order valence-electron chi connectivity index (χ4n) is 1.59. The molecular formula is C13H8BrNOS. The molecule has 0 aliphatic carbocycles. The molecule has 2 heterocycles. The lowest BCUT2D eigenvalue weighted by molar-refractivity contribution is 0.568. The second kappa shape index (κ2) is 4.47. The minimum atomic E-state index is 0.976. The Labute approximate surface area is 111 Å². The third kappa shape index (κ3) is 2.06. The molecule has 3 rings (SSSR count). The van der Waals surface area contributed by atoms with Crippen LogP contribution in [-0.4, -0.2) is 4.98 Å². The molecule has 17 heavy (non-hydrogen) atoms. The molecule has 0 spiro atoms. The average Bonchev–Trinajstić information content (AvgIpc) is 3.00. The lowest BCUT2D eigenvalue weighted by Gasteiger charge is -1.98. The van der Waals surface area contributed by atoms with Crippen molar-refractivity contribution in [1.82, 2.24) is 4.98 Å². The monoisotopic (exact) mass is 305 g/mol. The highest BCUT2D eigenvalue weighted by molar-refractivity contribution is 9.10. The molecule has 2 aromatic heterocycles. The molecule has 0 N–H and O–H groups in total. The Morgan fingerprint density at radius 2 is 2.06 bits per heavy atom. The van der Waals surface area contributed by atoms with Gasteiger partial charge < -0.3 is 4.42 Å². The molecule has 3 aromatic rings. The van der Waals surface area contributed by atoms with Gasteiger partial charge in [-0.15, -0.1) is 11.3 Å². The second-order valence-corrected chi connectivity index (χ2v) is 5.24. The van der Waals surface area contributed by atoms with Crippen LogP contribution in [0.15, 0.2) is 57.1 Å². The second-order valence-electron chi connectivity index (χ2n) is 3.53. The summed E-state index contributed by atoms with van der Waals surface area (Å²) in [5, 5.41) is 3.03. The Hall–Kier alpha value is -1.39. The third-order valence-electron chi connectivity index (χ3n) is 2.42. The maximum Gasteiger partial charge on any atom is 0.127 e. The Bertz CT molecular complexity index is 630. The molecule has 0 radical (unpaired) electrons. The quantitative estimate of drug-likeness (QED) is 0.677. The first kappa shape index (κ1) is 10.7. The van der Waals surface area contributed by atoms with Crippen molar-refractivity contribution in [3.63, 3.8) is 0 Å². The molecule has 0 saturated carbocycles. The summed E-state index contributed by atoms with van der Waals surface area (Å²) in [4.78, 5) is 4.61. The fourth-order valence-corrected chi connectivity index (χ4v) is 2.88. The summed E-state index contributed by atoms with van der Waals surface area (Å²) in [6.07, 6.45) is 3.37. The lowest BCUT2D eigenvalue weighted by Crippen LogP contribution is -1.79. The Balaban J connectivity index is 2.04. The first-order chi connectivity index (χ1) is 8.34. The van der Waals surface area contributed by atoms with Crippen LogP contribution in [0.4, 0.5) is 0 Å². The standard InChI is InChI=1S/C13H8BrNOS/c14-11-4-2-1-3-10(11)12-8-17-13(15-12)9-5-6-16-7-9/h1-8H. The van der Waals surface area contributed by atoms with Gasteiger partial charge in [-0.05, 0) is 12.1 Å². The molecule has 4 heteroatoms. The molecule has 2 nitrogen and oxygen atoms in total. The molecule has 0 amide bonds. The summed E-state index contributed by atoms with van der Waals surface area (Å²) in [5.41, 5.74) is 3.12. The van der Waals surface area contributed by atoms with E-state index in [4.69, 9.17) is 4.42 Å². The van der Waals surface area contributed by atoms with Gasteiger partial charge >= 0.3 is 0 Å². The van der Waals surface area contributed by atoms with Crippen molar-refractivity contribution < 1.29 is 4.42 Å². The number of rotatable bonds is 2. The van der Waals surface area contributed by atoms with Gasteiger partial charge in [-0.2, -0.15) is 0 Å². The van der Waals surface area contributed by atoms with Crippen molar-refractivity contribution in [3.8, 4) is 21.8 Å². The van der Waals surface area contributed by atoms with E-state index >= 15 is 0 Å². The summed E-state index contributed by atoms with van der Waals surface area (Å²) in [7, 11) is 0. The predicted octanol–water partition coefficient (Wildman–Crippen LogP) is 4.83. The van der Waals surface area contributed by atoms with Gasteiger partial charge in [0.05, 0.1) is 12.0 Å². The molecule has 0 saturated heterocycles. The van der Waals surface area contributed by atoms with Gasteiger partial charge in [0.15, 0.2) is 0 Å². The van der Waals surface area contributed by atoms with Crippen LogP contribution in [0.5, 0.6) is 0 Å². The van der Waals surface area contributed by atoms with E-state index in [0.717, 1.165) is 26.3 Å². The maximum atomic E-state index is 5.07. The van der Waals surface area contributed by atoms with Crippen molar-refractivity contribution in [2.45, 2.75) is 0 Å². The van der Waals surface area contributed by atoms with Crippen molar-refractivity contribution in [1.29, 1.82) is 0 Å². The number of hydrogen-bond acceptors (Lipinski definition) is 3. The van der Waals surface area contributed by atoms with Crippen LogP contribution in [0.25, 0.3) is 21.8 Å². The molecular weight excluding hydrogens is 298 g/mol. The molecule has 84 valence electrons. The van der Waals surface area contributed by atoms with Gasteiger partial charge in [0.1, 0.15) is 11.3 Å². The number of thiazole rings is 1. The number of hydrogen-bond donors (Lipinski definition) is 0. The van der Waals surface area contributed by atoms with Gasteiger partial charge in [0, 0.05) is 21.0 Å². The molecule has 0 atom stereocenters. The van der Waals surface area contributed by atoms with Gasteiger partial charge in [-0.25, -0.2) is 4.98 Å². The molecule has 0 aliphatic rings. The smallest absolute Gasteiger partial charge is 0.127 e. The van der Waals surface area contributed by atoms with E-state index in [-0.39, 0.29) is 0 Å². The minimum absolute atomic E-state index is 0.976. The Morgan fingerprint density at radius 3 is 2.82 bits per heavy atom. The topological polar surface area (TPSA) is 26.0 Å². The van der Waals surface area contributed by atoms with Gasteiger partial charge in [0.2, 0.25) is 0 Å². The summed E-state index contributed by atoms with van der Waals surface area (Å²) in [6, 6.07) is 10.0. The van der Waals surface area contributed by atoms with Crippen molar-refractivity contribution in [3.05, 3.63) is 52.7 Å². The largest absolute Gasteiger partial charge is 0.472 e. The van der Waals surface area contributed by atoms with Gasteiger partial charge in [0.25, 0.3) is 0 Å². The van der Waals surface area contributed by atoms with Crippen molar-refractivity contribution in [2.24, 2.45) is 0 Å². The van der Waals surface area contributed by atoms with Crippen LogP contribution in [-0.2, 0) is 0 Å². The third-order valence-corrected chi connectivity index (χ3v) is 4.00. The van der Waals surface area contributed by atoms with E-state index in [0.29, 0.717) is 0 Å². The summed E-state index contributed by atoms with van der Waals surface area (Å²) in [5.74, 6) is 0. The van der Waals surface area contributed by atoms with E-state index in [1.165, 1.54) is 0 Å².